The van der Waals surface area contributed by atoms with Crippen LogP contribution in [0.2, 0.25) is 0 Å². The summed E-state index contributed by atoms with van der Waals surface area (Å²) in [5.41, 5.74) is 2.96. The number of ether oxygens (including phenoxy) is 1. The minimum atomic E-state index is -4.20. The van der Waals surface area contributed by atoms with Gasteiger partial charge >= 0.3 is 6.18 Å². The molecule has 0 saturated heterocycles. The second kappa shape index (κ2) is 7.30. The molecule has 4 nitrogen and oxygen atoms in total. The highest BCUT2D eigenvalue weighted by molar-refractivity contribution is 5.26. The highest BCUT2D eigenvalue weighted by atomic mass is 19.4. The van der Waals surface area contributed by atoms with Gasteiger partial charge in [-0.15, -0.1) is 0 Å². The Labute approximate surface area is 110 Å². The summed E-state index contributed by atoms with van der Waals surface area (Å²) in [4.78, 5) is 3.95. The van der Waals surface area contributed by atoms with Crippen molar-refractivity contribution < 1.29 is 17.9 Å². The summed E-state index contributed by atoms with van der Waals surface area (Å²) < 4.78 is 42.0. The van der Waals surface area contributed by atoms with Gasteiger partial charge in [-0.2, -0.15) is 13.2 Å². The van der Waals surface area contributed by atoms with Crippen LogP contribution in [0.15, 0.2) is 18.5 Å². The topological polar surface area (TPSA) is 60.2 Å². The van der Waals surface area contributed by atoms with E-state index in [1.165, 1.54) is 12.4 Å². The maximum absolute atomic E-state index is 12.2. The van der Waals surface area contributed by atoms with Crippen molar-refractivity contribution in [2.24, 2.45) is 5.84 Å². The van der Waals surface area contributed by atoms with E-state index in [0.29, 0.717) is 17.9 Å². The molecule has 108 valence electrons. The zero-order valence-corrected chi connectivity index (χ0v) is 10.7. The van der Waals surface area contributed by atoms with Crippen LogP contribution < -0.4 is 16.0 Å². The van der Waals surface area contributed by atoms with Crippen molar-refractivity contribution in [3.63, 3.8) is 0 Å². The standard InChI is InChI=1S/C12H18F3N3O/c1-2-5-19-10-6-9(7-17-8-10)11(18-16)3-4-12(13,14)15/h6-8,11,18H,2-5,16H2,1H3. The summed E-state index contributed by atoms with van der Waals surface area (Å²) in [6.45, 7) is 2.50. The van der Waals surface area contributed by atoms with Crippen molar-refractivity contribution in [1.29, 1.82) is 0 Å². The second-order valence-corrected chi connectivity index (χ2v) is 4.18. The van der Waals surface area contributed by atoms with E-state index in [4.69, 9.17) is 10.6 Å². The number of nitrogens with one attached hydrogen (secondary N) is 1. The number of halogens is 3. The Kier molecular flexibility index (Phi) is 6.04. The Morgan fingerprint density at radius 1 is 1.42 bits per heavy atom. The molecular formula is C12H18F3N3O. The largest absolute Gasteiger partial charge is 0.492 e. The number of hydrogen-bond donors (Lipinski definition) is 2. The van der Waals surface area contributed by atoms with Gasteiger partial charge in [-0.25, -0.2) is 0 Å². The zero-order chi connectivity index (χ0) is 14.3. The van der Waals surface area contributed by atoms with Gasteiger partial charge in [0.1, 0.15) is 5.75 Å². The molecule has 0 aromatic carbocycles. The van der Waals surface area contributed by atoms with Gasteiger partial charge < -0.3 is 4.74 Å². The van der Waals surface area contributed by atoms with Gasteiger partial charge in [0.05, 0.1) is 12.8 Å². The van der Waals surface area contributed by atoms with E-state index >= 15 is 0 Å². The van der Waals surface area contributed by atoms with Crippen LogP contribution in [0.5, 0.6) is 5.75 Å². The Bertz CT molecular complexity index is 385. The average molecular weight is 277 g/mol. The smallest absolute Gasteiger partial charge is 0.389 e. The molecule has 0 saturated carbocycles. The number of nitrogens with zero attached hydrogens (tertiary/aromatic N) is 1. The van der Waals surface area contributed by atoms with Crippen molar-refractivity contribution in [3.8, 4) is 5.75 Å². The minimum Gasteiger partial charge on any atom is -0.492 e. The van der Waals surface area contributed by atoms with E-state index in [0.717, 1.165) is 6.42 Å². The lowest BCUT2D eigenvalue weighted by Gasteiger charge is -2.17. The van der Waals surface area contributed by atoms with E-state index in [1.807, 2.05) is 6.92 Å². The molecule has 1 heterocycles. The molecule has 1 unspecified atom stereocenters. The van der Waals surface area contributed by atoms with E-state index in [2.05, 4.69) is 10.4 Å². The van der Waals surface area contributed by atoms with Crippen LogP contribution >= 0.6 is 0 Å². The van der Waals surface area contributed by atoms with E-state index in [-0.39, 0.29) is 6.42 Å². The maximum atomic E-state index is 12.2. The highest BCUT2D eigenvalue weighted by Crippen LogP contribution is 2.28. The quantitative estimate of drug-likeness (QED) is 0.594. The third kappa shape index (κ3) is 5.89. The third-order valence-electron chi connectivity index (χ3n) is 2.53. The molecule has 0 spiro atoms. The van der Waals surface area contributed by atoms with Crippen molar-refractivity contribution in [3.05, 3.63) is 24.0 Å². The summed E-state index contributed by atoms with van der Waals surface area (Å²) in [5, 5.41) is 0. The van der Waals surface area contributed by atoms with Crippen LogP contribution in [0.4, 0.5) is 13.2 Å². The Morgan fingerprint density at radius 3 is 2.74 bits per heavy atom. The lowest BCUT2D eigenvalue weighted by Crippen LogP contribution is -2.29. The van der Waals surface area contributed by atoms with Gasteiger partial charge in [0, 0.05) is 18.7 Å². The molecule has 0 aliphatic rings. The first-order valence-corrected chi connectivity index (χ1v) is 6.07. The summed E-state index contributed by atoms with van der Waals surface area (Å²) in [5.74, 6) is 5.83. The number of hydrogen-bond acceptors (Lipinski definition) is 4. The SMILES string of the molecule is CCCOc1cncc(C(CCC(F)(F)F)NN)c1. The minimum absolute atomic E-state index is 0.140. The second-order valence-electron chi connectivity index (χ2n) is 4.18. The molecule has 1 aromatic heterocycles. The number of hydrazine groups is 1. The lowest BCUT2D eigenvalue weighted by atomic mass is 10.0. The third-order valence-corrected chi connectivity index (χ3v) is 2.53. The van der Waals surface area contributed by atoms with Crippen molar-refractivity contribution in [2.75, 3.05) is 6.61 Å². The van der Waals surface area contributed by atoms with Gasteiger partial charge in [0.25, 0.3) is 0 Å². The van der Waals surface area contributed by atoms with Crippen LogP contribution in [-0.4, -0.2) is 17.8 Å². The van der Waals surface area contributed by atoms with Crippen LogP contribution in [-0.2, 0) is 0 Å². The number of nitrogens with two attached hydrogens (primary N) is 1. The molecule has 3 N–H and O–H groups in total. The first-order chi connectivity index (χ1) is 8.96. The average Bonchev–Trinajstić information content (AvgIpc) is 2.36. The molecule has 0 radical (unpaired) electrons. The number of rotatable bonds is 7. The van der Waals surface area contributed by atoms with E-state index < -0.39 is 18.6 Å². The van der Waals surface area contributed by atoms with Gasteiger partial charge in [-0.3, -0.25) is 16.3 Å². The van der Waals surface area contributed by atoms with Crippen molar-refractivity contribution in [1.82, 2.24) is 10.4 Å². The Morgan fingerprint density at radius 2 is 2.16 bits per heavy atom. The van der Waals surface area contributed by atoms with Gasteiger partial charge in [0.15, 0.2) is 0 Å². The van der Waals surface area contributed by atoms with Crippen LogP contribution in [0, 0.1) is 0 Å². The van der Waals surface area contributed by atoms with E-state index in [9.17, 15) is 13.2 Å². The van der Waals surface area contributed by atoms with Crippen LogP contribution in [0.3, 0.4) is 0 Å². The first kappa shape index (κ1) is 15.7. The number of pyridine rings is 1. The van der Waals surface area contributed by atoms with Crippen LogP contribution in [0.25, 0.3) is 0 Å². The van der Waals surface area contributed by atoms with E-state index in [1.54, 1.807) is 6.07 Å². The van der Waals surface area contributed by atoms with Gasteiger partial charge in [0.2, 0.25) is 0 Å². The molecule has 1 aromatic rings. The monoisotopic (exact) mass is 277 g/mol. The lowest BCUT2D eigenvalue weighted by molar-refractivity contribution is -0.136. The zero-order valence-electron chi connectivity index (χ0n) is 10.7. The molecule has 0 aliphatic carbocycles. The summed E-state index contributed by atoms with van der Waals surface area (Å²) in [7, 11) is 0. The molecule has 0 amide bonds. The van der Waals surface area contributed by atoms with Crippen LogP contribution in [0.1, 0.15) is 37.8 Å². The maximum Gasteiger partial charge on any atom is 0.389 e. The van der Waals surface area contributed by atoms with Gasteiger partial charge in [-0.05, 0) is 24.5 Å². The Balaban J connectivity index is 2.69. The molecule has 1 rings (SSSR count). The molecule has 19 heavy (non-hydrogen) atoms. The fourth-order valence-corrected chi connectivity index (χ4v) is 1.58. The Hall–Kier alpha value is -1.34. The number of aromatic nitrogens is 1. The van der Waals surface area contributed by atoms with Crippen molar-refractivity contribution >= 4 is 0 Å². The molecule has 0 bridgehead atoms. The molecule has 7 heteroatoms. The fourth-order valence-electron chi connectivity index (χ4n) is 1.58. The van der Waals surface area contributed by atoms with Crippen molar-refractivity contribution in [2.45, 2.75) is 38.4 Å². The number of alkyl halides is 3. The first-order valence-electron chi connectivity index (χ1n) is 6.07. The normalized spacial score (nSPS) is 13.3. The molecule has 1 atom stereocenters. The summed E-state index contributed by atoms with van der Waals surface area (Å²) in [6, 6.07) is 1.06. The summed E-state index contributed by atoms with van der Waals surface area (Å²) in [6.07, 6.45) is -1.38. The molecule has 0 fully saturated rings. The highest BCUT2D eigenvalue weighted by Gasteiger charge is 2.28. The fraction of sp³-hybridized carbons (Fsp3) is 0.583. The summed E-state index contributed by atoms with van der Waals surface area (Å²) >= 11 is 0. The predicted molar refractivity (Wildman–Crippen MR) is 65.4 cm³/mol. The van der Waals surface area contributed by atoms with Gasteiger partial charge in [-0.1, -0.05) is 6.92 Å². The molecular weight excluding hydrogens is 259 g/mol. The predicted octanol–water partition coefficient (Wildman–Crippen LogP) is 2.72. The molecule has 0 aliphatic heterocycles.